The molecule has 280 valence electrons. The van der Waals surface area contributed by atoms with Crippen molar-refractivity contribution in [3.8, 4) is 11.1 Å². The van der Waals surface area contributed by atoms with Crippen LogP contribution in [0.4, 0.5) is 0 Å². The lowest BCUT2D eigenvalue weighted by Crippen LogP contribution is -2.35. The maximum Gasteiger partial charge on any atom is 0.352 e. The highest BCUT2D eigenvalue weighted by Gasteiger charge is 2.23. The van der Waals surface area contributed by atoms with Gasteiger partial charge in [-0.05, 0) is 67.1 Å². The van der Waals surface area contributed by atoms with Crippen LogP contribution >= 0.6 is 0 Å². The van der Waals surface area contributed by atoms with Crippen LogP contribution in [0, 0.1) is 13.8 Å². The van der Waals surface area contributed by atoms with Gasteiger partial charge in [0.2, 0.25) is 0 Å². The summed E-state index contributed by atoms with van der Waals surface area (Å²) < 4.78 is 9.73. The number of rotatable bonds is 8. The molecule has 0 spiro atoms. The Balaban J connectivity index is 0.000000269. The van der Waals surface area contributed by atoms with Gasteiger partial charge in [-0.2, -0.15) is 9.78 Å². The Morgan fingerprint density at radius 3 is 2.46 bits per heavy atom. The standard InChI is InChI=1S/C32H37N5O3.C6H6N6O2/c1-21-15-22(2)35-32(39)28(21)18-33-31(38)27-16-25(17-30-29(27)19-34-37(30)26-5-3-4-6-26)24-9-7-23(8-10-24)20-36-11-13-40-14-12-36;1-11-6(14)12-2-8-3(4(7)13)5(12)9-10-11/h7-10,15-17,19,26H,3-6,11-14,18,20H2,1-2H3,(H,33,38)(H,35,39);2H,1H3,(H2,7,13). The number of carbonyl (C=O) groups is 2. The molecule has 1 aliphatic heterocycles. The normalized spacial score (nSPS) is 15.0. The summed E-state index contributed by atoms with van der Waals surface area (Å²) in [7, 11) is 1.44. The highest BCUT2D eigenvalue weighted by Crippen LogP contribution is 2.35. The first-order chi connectivity index (χ1) is 26.1. The zero-order valence-electron chi connectivity index (χ0n) is 30.5. The van der Waals surface area contributed by atoms with Crippen LogP contribution in [0.25, 0.3) is 27.7 Å². The van der Waals surface area contributed by atoms with Crippen LogP contribution in [0.3, 0.4) is 0 Å². The summed E-state index contributed by atoms with van der Waals surface area (Å²) in [4.78, 5) is 57.3. The van der Waals surface area contributed by atoms with Crippen LogP contribution in [-0.4, -0.2) is 82.2 Å². The highest BCUT2D eigenvalue weighted by molar-refractivity contribution is 6.08. The van der Waals surface area contributed by atoms with Crippen LogP contribution < -0.4 is 22.3 Å². The first-order valence-electron chi connectivity index (χ1n) is 18.0. The summed E-state index contributed by atoms with van der Waals surface area (Å²) in [5, 5.41) is 15.7. The van der Waals surface area contributed by atoms with Gasteiger partial charge in [0.1, 0.15) is 6.33 Å². The van der Waals surface area contributed by atoms with Crippen molar-refractivity contribution < 1.29 is 14.3 Å². The maximum atomic E-state index is 13.6. The van der Waals surface area contributed by atoms with E-state index in [0.29, 0.717) is 17.2 Å². The van der Waals surface area contributed by atoms with Crippen molar-refractivity contribution in [2.24, 2.45) is 12.8 Å². The molecule has 2 fully saturated rings. The Kier molecular flexibility index (Phi) is 10.5. The number of primary amides is 1. The Morgan fingerprint density at radius 2 is 1.76 bits per heavy atom. The van der Waals surface area contributed by atoms with E-state index in [1.165, 1.54) is 31.8 Å². The van der Waals surface area contributed by atoms with E-state index in [2.05, 4.69) is 65.5 Å². The lowest BCUT2D eigenvalue weighted by atomic mass is 9.98. The zero-order chi connectivity index (χ0) is 37.9. The molecule has 1 saturated heterocycles. The molecule has 6 aromatic rings. The lowest BCUT2D eigenvalue weighted by molar-refractivity contribution is 0.0342. The first kappa shape index (κ1) is 36.4. The van der Waals surface area contributed by atoms with E-state index in [4.69, 9.17) is 15.6 Å². The Morgan fingerprint density at radius 1 is 1.02 bits per heavy atom. The smallest absolute Gasteiger partial charge is 0.352 e. The number of amides is 2. The van der Waals surface area contributed by atoms with E-state index >= 15 is 0 Å². The molecule has 5 heterocycles. The number of nitrogens with two attached hydrogens (primary N) is 1. The van der Waals surface area contributed by atoms with Crippen molar-refractivity contribution >= 4 is 28.4 Å². The third kappa shape index (κ3) is 7.56. The largest absolute Gasteiger partial charge is 0.379 e. The Hall–Kier alpha value is -6.00. The summed E-state index contributed by atoms with van der Waals surface area (Å²) in [5.41, 5.74) is 11.6. The number of pyridine rings is 1. The van der Waals surface area contributed by atoms with Crippen molar-refractivity contribution in [2.45, 2.75) is 58.7 Å². The average Bonchev–Trinajstić information content (AvgIpc) is 3.94. The number of H-pyrrole nitrogens is 1. The van der Waals surface area contributed by atoms with E-state index in [1.807, 2.05) is 32.2 Å². The van der Waals surface area contributed by atoms with Gasteiger partial charge in [0.05, 0.1) is 36.5 Å². The van der Waals surface area contributed by atoms with Gasteiger partial charge in [-0.1, -0.05) is 42.3 Å². The first-order valence-corrected chi connectivity index (χ1v) is 18.0. The van der Waals surface area contributed by atoms with Gasteiger partial charge < -0.3 is 20.8 Å². The van der Waals surface area contributed by atoms with E-state index in [0.717, 1.165) is 88.1 Å². The average molecular weight is 734 g/mol. The molecule has 8 rings (SSSR count). The van der Waals surface area contributed by atoms with Crippen LogP contribution in [-0.2, 0) is 24.9 Å². The number of nitrogens with one attached hydrogen (secondary N) is 2. The minimum atomic E-state index is -0.741. The monoisotopic (exact) mass is 733 g/mol. The van der Waals surface area contributed by atoms with Crippen molar-refractivity contribution in [3.63, 3.8) is 0 Å². The number of ether oxygens (including phenoxy) is 1. The van der Waals surface area contributed by atoms with Gasteiger partial charge in [0.25, 0.3) is 17.4 Å². The van der Waals surface area contributed by atoms with Gasteiger partial charge in [-0.15, -0.1) is 5.10 Å². The van der Waals surface area contributed by atoms with Gasteiger partial charge in [0.15, 0.2) is 11.3 Å². The van der Waals surface area contributed by atoms with E-state index < -0.39 is 11.6 Å². The zero-order valence-corrected chi connectivity index (χ0v) is 30.5. The van der Waals surface area contributed by atoms with Gasteiger partial charge in [0, 0.05) is 49.9 Å². The second kappa shape index (κ2) is 15.5. The summed E-state index contributed by atoms with van der Waals surface area (Å²) in [6, 6.07) is 15.0. The van der Waals surface area contributed by atoms with Crippen molar-refractivity contribution in [1.29, 1.82) is 0 Å². The topological polar surface area (TPSA) is 200 Å². The number of carbonyl (C=O) groups excluding carboxylic acids is 2. The number of benzene rings is 2. The number of hydrogen-bond acceptors (Lipinski definition) is 10. The number of imidazole rings is 1. The number of aromatic amines is 1. The minimum absolute atomic E-state index is 0.0600. The molecule has 16 heteroatoms. The summed E-state index contributed by atoms with van der Waals surface area (Å²) in [6.45, 7) is 8.31. The third-order valence-corrected chi connectivity index (χ3v) is 10.1. The molecule has 2 aliphatic rings. The molecule has 1 saturated carbocycles. The second-order valence-corrected chi connectivity index (χ2v) is 13.8. The van der Waals surface area contributed by atoms with E-state index in [-0.39, 0.29) is 29.4 Å². The van der Waals surface area contributed by atoms with Crippen molar-refractivity contribution in [2.75, 3.05) is 26.3 Å². The molecule has 16 nitrogen and oxygen atoms in total. The van der Waals surface area contributed by atoms with Crippen molar-refractivity contribution in [1.82, 2.24) is 49.4 Å². The third-order valence-electron chi connectivity index (χ3n) is 10.1. The predicted molar refractivity (Wildman–Crippen MR) is 201 cm³/mol. The van der Waals surface area contributed by atoms with E-state index in [9.17, 15) is 19.2 Å². The van der Waals surface area contributed by atoms with Crippen LogP contribution in [0.1, 0.15) is 75.0 Å². The van der Waals surface area contributed by atoms with Crippen LogP contribution in [0.15, 0.2) is 64.6 Å². The Bertz CT molecular complexity index is 2450. The number of aryl methyl sites for hydroxylation is 3. The number of fused-ring (bicyclic) bond motifs is 2. The number of morpholine rings is 1. The van der Waals surface area contributed by atoms with Gasteiger partial charge in [-0.25, -0.2) is 14.2 Å². The molecule has 2 amide bonds. The molecule has 4 N–H and O–H groups in total. The quantitative estimate of drug-likeness (QED) is 0.209. The minimum Gasteiger partial charge on any atom is -0.379 e. The summed E-state index contributed by atoms with van der Waals surface area (Å²) in [5.74, 6) is -0.948. The fraction of sp³-hybridized carbons (Fsp3) is 0.368. The number of hydrogen-bond donors (Lipinski definition) is 3. The molecular formula is C38H43N11O5. The molecule has 1 aliphatic carbocycles. The molecular weight excluding hydrogens is 690 g/mol. The molecule has 54 heavy (non-hydrogen) atoms. The molecule has 4 aromatic heterocycles. The van der Waals surface area contributed by atoms with Gasteiger partial charge >= 0.3 is 5.69 Å². The molecule has 0 atom stereocenters. The summed E-state index contributed by atoms with van der Waals surface area (Å²) in [6.07, 6.45) is 7.62. The molecule has 0 bridgehead atoms. The molecule has 2 aromatic carbocycles. The van der Waals surface area contributed by atoms with Gasteiger partial charge in [-0.3, -0.25) is 24.0 Å². The highest BCUT2D eigenvalue weighted by atomic mass is 16.5. The molecule has 0 unspecified atom stereocenters. The van der Waals surface area contributed by atoms with Crippen LogP contribution in [0.5, 0.6) is 0 Å². The SMILES string of the molecule is Cc1cc(C)c(CNC(=O)c2cc(-c3ccc(CN4CCOCC4)cc3)cc3c2cnn3C2CCCC2)c(=O)[nH]1.Cn1nnc2c(C(N)=O)ncn2c1=O. The second-order valence-electron chi connectivity index (χ2n) is 13.8. The number of nitrogens with zero attached hydrogens (tertiary/aromatic N) is 8. The van der Waals surface area contributed by atoms with Crippen molar-refractivity contribution in [3.05, 3.63) is 109 Å². The maximum absolute atomic E-state index is 13.6. The fourth-order valence-corrected chi connectivity index (χ4v) is 7.18. The predicted octanol–water partition coefficient (Wildman–Crippen LogP) is 2.81. The fourth-order valence-electron chi connectivity index (χ4n) is 7.18. The van der Waals surface area contributed by atoms with Crippen LogP contribution in [0.2, 0.25) is 0 Å². The Labute approximate surface area is 309 Å². The molecule has 0 radical (unpaired) electrons. The number of aromatic nitrogens is 8. The van der Waals surface area contributed by atoms with E-state index in [1.54, 1.807) is 0 Å². The lowest BCUT2D eigenvalue weighted by Gasteiger charge is -2.26. The summed E-state index contributed by atoms with van der Waals surface area (Å²) >= 11 is 0.